The van der Waals surface area contributed by atoms with Gasteiger partial charge in [0.1, 0.15) is 0 Å². The molecule has 3 nitrogen and oxygen atoms in total. The van der Waals surface area contributed by atoms with Crippen LogP contribution in [0, 0.1) is 6.92 Å². The summed E-state index contributed by atoms with van der Waals surface area (Å²) in [5.41, 5.74) is 1.95. The van der Waals surface area contributed by atoms with Crippen molar-refractivity contribution in [1.82, 2.24) is 9.80 Å². The summed E-state index contributed by atoms with van der Waals surface area (Å²) in [6.07, 6.45) is 0. The number of carbonyl (C=O) groups is 1. The molecular formula is C15H22N2O. The highest BCUT2D eigenvalue weighted by atomic mass is 16.1. The maximum Gasteiger partial charge on any atom is 0.177 e. The fraction of sp³-hybridized carbons (Fsp3) is 0.533. The van der Waals surface area contributed by atoms with E-state index in [1.807, 2.05) is 31.2 Å². The van der Waals surface area contributed by atoms with Gasteiger partial charge in [-0.1, -0.05) is 31.2 Å². The molecule has 1 fully saturated rings. The van der Waals surface area contributed by atoms with Crippen LogP contribution in [-0.2, 0) is 0 Å². The van der Waals surface area contributed by atoms with E-state index in [0.717, 1.165) is 43.9 Å². The van der Waals surface area contributed by atoms with Gasteiger partial charge in [0.2, 0.25) is 0 Å². The van der Waals surface area contributed by atoms with Gasteiger partial charge >= 0.3 is 0 Å². The molecule has 3 heteroatoms. The average Bonchev–Trinajstić information content (AvgIpc) is 2.40. The zero-order valence-electron chi connectivity index (χ0n) is 11.4. The molecule has 0 aromatic heterocycles. The number of hydrogen-bond donors (Lipinski definition) is 0. The Morgan fingerprint density at radius 1 is 1.11 bits per heavy atom. The van der Waals surface area contributed by atoms with Crippen molar-refractivity contribution < 1.29 is 4.79 Å². The maximum absolute atomic E-state index is 12.2. The fourth-order valence-electron chi connectivity index (χ4n) is 2.44. The molecule has 0 unspecified atom stereocenters. The van der Waals surface area contributed by atoms with E-state index in [9.17, 15) is 4.79 Å². The van der Waals surface area contributed by atoms with Gasteiger partial charge in [-0.25, -0.2) is 0 Å². The summed E-state index contributed by atoms with van der Waals surface area (Å²) in [5, 5.41) is 0. The van der Waals surface area contributed by atoms with Gasteiger partial charge in [-0.05, 0) is 19.0 Å². The molecule has 1 heterocycles. The number of nitrogens with zero attached hydrogens (tertiary/aromatic N) is 2. The van der Waals surface area contributed by atoms with Gasteiger partial charge in [-0.3, -0.25) is 9.69 Å². The molecule has 98 valence electrons. The first-order valence-corrected chi connectivity index (χ1v) is 6.74. The van der Waals surface area contributed by atoms with E-state index in [-0.39, 0.29) is 5.78 Å². The standard InChI is InChI=1S/C15H22N2O/c1-3-16-8-10-17(11-9-16)12-15(18)14-7-5-4-6-13(14)2/h4-7H,3,8-12H2,1-2H3. The Morgan fingerprint density at radius 3 is 2.33 bits per heavy atom. The molecule has 0 amide bonds. The summed E-state index contributed by atoms with van der Waals surface area (Å²) >= 11 is 0. The molecule has 1 aromatic carbocycles. The zero-order chi connectivity index (χ0) is 13.0. The Labute approximate surface area is 109 Å². The van der Waals surface area contributed by atoms with Crippen molar-refractivity contribution >= 4 is 5.78 Å². The second kappa shape index (κ2) is 6.12. The van der Waals surface area contributed by atoms with Gasteiger partial charge in [-0.2, -0.15) is 0 Å². The lowest BCUT2D eigenvalue weighted by Crippen LogP contribution is -2.47. The first-order valence-electron chi connectivity index (χ1n) is 6.74. The molecular weight excluding hydrogens is 224 g/mol. The number of likely N-dealkylation sites (N-methyl/N-ethyl adjacent to an activating group) is 1. The molecule has 0 aliphatic carbocycles. The van der Waals surface area contributed by atoms with E-state index in [4.69, 9.17) is 0 Å². The molecule has 0 bridgehead atoms. The van der Waals surface area contributed by atoms with Crippen LogP contribution in [-0.4, -0.2) is 54.9 Å². The summed E-state index contributed by atoms with van der Waals surface area (Å²) in [6.45, 7) is 10.0. The van der Waals surface area contributed by atoms with Crippen molar-refractivity contribution in [2.75, 3.05) is 39.3 Å². The zero-order valence-corrected chi connectivity index (χ0v) is 11.4. The third kappa shape index (κ3) is 3.18. The van der Waals surface area contributed by atoms with Crippen molar-refractivity contribution in [2.45, 2.75) is 13.8 Å². The van der Waals surface area contributed by atoms with Gasteiger partial charge in [0.25, 0.3) is 0 Å². The highest BCUT2D eigenvalue weighted by Gasteiger charge is 2.18. The Hall–Kier alpha value is -1.19. The molecule has 0 saturated carbocycles. The minimum absolute atomic E-state index is 0.248. The first-order chi connectivity index (χ1) is 8.70. The number of carbonyl (C=O) groups excluding carboxylic acids is 1. The summed E-state index contributed by atoms with van der Waals surface area (Å²) in [4.78, 5) is 16.9. The van der Waals surface area contributed by atoms with Crippen LogP contribution < -0.4 is 0 Å². The van der Waals surface area contributed by atoms with Crippen LogP contribution in [0.4, 0.5) is 0 Å². The number of rotatable bonds is 4. The van der Waals surface area contributed by atoms with Crippen LogP contribution in [0.1, 0.15) is 22.8 Å². The topological polar surface area (TPSA) is 23.6 Å². The molecule has 0 spiro atoms. The first kappa shape index (κ1) is 13.2. The van der Waals surface area contributed by atoms with E-state index in [1.165, 1.54) is 0 Å². The molecule has 0 radical (unpaired) electrons. The number of aryl methyl sites for hydroxylation is 1. The smallest absolute Gasteiger partial charge is 0.177 e. The molecule has 2 rings (SSSR count). The molecule has 1 saturated heterocycles. The molecule has 0 N–H and O–H groups in total. The maximum atomic E-state index is 12.2. The van der Waals surface area contributed by atoms with Gasteiger partial charge < -0.3 is 4.90 Å². The van der Waals surface area contributed by atoms with Crippen molar-refractivity contribution in [2.24, 2.45) is 0 Å². The number of Topliss-reactive ketones (excluding diaryl/α,β-unsaturated/α-hetero) is 1. The second-order valence-corrected chi connectivity index (χ2v) is 4.95. The van der Waals surface area contributed by atoms with E-state index < -0.39 is 0 Å². The monoisotopic (exact) mass is 246 g/mol. The highest BCUT2D eigenvalue weighted by Crippen LogP contribution is 2.10. The van der Waals surface area contributed by atoms with Crippen molar-refractivity contribution in [1.29, 1.82) is 0 Å². The van der Waals surface area contributed by atoms with Crippen LogP contribution >= 0.6 is 0 Å². The third-order valence-electron chi connectivity index (χ3n) is 3.72. The number of piperazine rings is 1. The number of benzene rings is 1. The highest BCUT2D eigenvalue weighted by molar-refractivity contribution is 5.98. The van der Waals surface area contributed by atoms with Gasteiger partial charge in [0.05, 0.1) is 6.54 Å². The molecule has 1 aliphatic heterocycles. The molecule has 18 heavy (non-hydrogen) atoms. The summed E-state index contributed by atoms with van der Waals surface area (Å²) in [6, 6.07) is 7.85. The SMILES string of the molecule is CCN1CCN(CC(=O)c2ccccc2C)CC1. The Kier molecular flexibility index (Phi) is 4.50. The largest absolute Gasteiger partial charge is 0.301 e. The Bertz CT molecular complexity index is 409. The summed E-state index contributed by atoms with van der Waals surface area (Å²) in [5.74, 6) is 0.248. The average molecular weight is 246 g/mol. The van der Waals surface area contributed by atoms with Crippen molar-refractivity contribution in [3.8, 4) is 0 Å². The summed E-state index contributed by atoms with van der Waals surface area (Å²) < 4.78 is 0. The van der Waals surface area contributed by atoms with Crippen molar-refractivity contribution in [3.63, 3.8) is 0 Å². The quantitative estimate of drug-likeness (QED) is 0.757. The van der Waals surface area contributed by atoms with E-state index in [2.05, 4.69) is 16.7 Å². The lowest BCUT2D eigenvalue weighted by molar-refractivity contribution is 0.0858. The minimum atomic E-state index is 0.248. The lowest BCUT2D eigenvalue weighted by atomic mass is 10.0. The summed E-state index contributed by atoms with van der Waals surface area (Å²) in [7, 11) is 0. The Balaban J connectivity index is 1.91. The molecule has 0 atom stereocenters. The molecule has 1 aromatic rings. The number of ketones is 1. The lowest BCUT2D eigenvalue weighted by Gasteiger charge is -2.33. The predicted octanol–water partition coefficient (Wildman–Crippen LogP) is 1.82. The Morgan fingerprint density at radius 2 is 1.72 bits per heavy atom. The van der Waals surface area contributed by atoms with E-state index >= 15 is 0 Å². The van der Waals surface area contributed by atoms with E-state index in [0.29, 0.717) is 6.54 Å². The second-order valence-electron chi connectivity index (χ2n) is 4.95. The minimum Gasteiger partial charge on any atom is -0.301 e. The predicted molar refractivity (Wildman–Crippen MR) is 74.1 cm³/mol. The van der Waals surface area contributed by atoms with E-state index in [1.54, 1.807) is 0 Å². The van der Waals surface area contributed by atoms with Crippen LogP contribution in [0.25, 0.3) is 0 Å². The van der Waals surface area contributed by atoms with Crippen LogP contribution in [0.5, 0.6) is 0 Å². The normalized spacial score (nSPS) is 17.9. The fourth-order valence-corrected chi connectivity index (χ4v) is 2.44. The third-order valence-corrected chi connectivity index (χ3v) is 3.72. The van der Waals surface area contributed by atoms with Gasteiger partial charge in [0, 0.05) is 31.7 Å². The van der Waals surface area contributed by atoms with Gasteiger partial charge in [-0.15, -0.1) is 0 Å². The molecule has 1 aliphatic rings. The van der Waals surface area contributed by atoms with Crippen LogP contribution in [0.3, 0.4) is 0 Å². The number of hydrogen-bond acceptors (Lipinski definition) is 3. The van der Waals surface area contributed by atoms with Crippen LogP contribution in [0.2, 0.25) is 0 Å². The van der Waals surface area contributed by atoms with Crippen molar-refractivity contribution in [3.05, 3.63) is 35.4 Å². The van der Waals surface area contributed by atoms with Gasteiger partial charge in [0.15, 0.2) is 5.78 Å². The van der Waals surface area contributed by atoms with Crippen LogP contribution in [0.15, 0.2) is 24.3 Å².